The highest BCUT2D eigenvalue weighted by Gasteiger charge is 2.04. The zero-order chi connectivity index (χ0) is 9.56. The predicted octanol–water partition coefficient (Wildman–Crippen LogP) is 2.62. The van der Waals surface area contributed by atoms with Crippen molar-refractivity contribution < 1.29 is 9.47 Å². The lowest BCUT2D eigenvalue weighted by Crippen LogP contribution is -2.17. The predicted molar refractivity (Wildman–Crippen MR) is 51.4 cm³/mol. The Morgan fingerprint density at radius 1 is 0.917 bits per heavy atom. The first kappa shape index (κ1) is 11.9. The number of ether oxygens (including phenoxy) is 2. The van der Waals surface area contributed by atoms with Gasteiger partial charge in [0.1, 0.15) is 0 Å². The Labute approximate surface area is 76.3 Å². The van der Waals surface area contributed by atoms with Crippen molar-refractivity contribution in [2.24, 2.45) is 0 Å². The highest BCUT2D eigenvalue weighted by Crippen LogP contribution is 2.02. The van der Waals surface area contributed by atoms with Gasteiger partial charge in [0.2, 0.25) is 0 Å². The molecule has 0 aromatic rings. The number of hydrogen-bond acceptors (Lipinski definition) is 2. The van der Waals surface area contributed by atoms with Gasteiger partial charge in [-0.1, -0.05) is 0 Å². The molecule has 0 saturated carbocycles. The quantitative estimate of drug-likeness (QED) is 0.616. The van der Waals surface area contributed by atoms with Crippen LogP contribution in [0, 0.1) is 0 Å². The summed E-state index contributed by atoms with van der Waals surface area (Å²) >= 11 is 0. The molecule has 0 aromatic heterocycles. The molecular weight excluding hydrogens is 152 g/mol. The second-order valence-corrected chi connectivity index (χ2v) is 3.70. The van der Waals surface area contributed by atoms with Crippen LogP contribution in [-0.2, 0) is 9.47 Å². The van der Waals surface area contributed by atoms with Crippen molar-refractivity contribution in [1.29, 1.82) is 0 Å². The molecule has 2 heteroatoms. The molecule has 0 saturated heterocycles. The molecule has 74 valence electrons. The van der Waals surface area contributed by atoms with E-state index in [1.165, 1.54) is 0 Å². The molecule has 0 radical (unpaired) electrons. The molecule has 0 unspecified atom stereocenters. The summed E-state index contributed by atoms with van der Waals surface area (Å²) < 4.78 is 11.0. The lowest BCUT2D eigenvalue weighted by molar-refractivity contribution is -0.0117. The van der Waals surface area contributed by atoms with E-state index in [9.17, 15) is 0 Å². The van der Waals surface area contributed by atoms with E-state index in [1.54, 1.807) is 0 Å². The number of rotatable bonds is 6. The van der Waals surface area contributed by atoms with E-state index in [4.69, 9.17) is 9.47 Å². The maximum absolute atomic E-state index is 5.55. The summed E-state index contributed by atoms with van der Waals surface area (Å²) in [6, 6.07) is 0. The Morgan fingerprint density at radius 2 is 1.50 bits per heavy atom. The molecule has 0 fully saturated rings. The van der Waals surface area contributed by atoms with Crippen molar-refractivity contribution in [3.8, 4) is 0 Å². The van der Waals surface area contributed by atoms with Gasteiger partial charge in [-0.05, 0) is 41.0 Å². The summed E-state index contributed by atoms with van der Waals surface area (Å²) in [4.78, 5) is 0. The van der Waals surface area contributed by atoms with E-state index in [0.717, 1.165) is 13.0 Å². The Hall–Kier alpha value is -0.0800. The Balaban J connectivity index is 3.25. The first-order chi connectivity index (χ1) is 5.52. The molecular formula is C10H22O2. The average molecular weight is 174 g/mol. The van der Waals surface area contributed by atoms with Crippen LogP contribution in [0.15, 0.2) is 0 Å². The van der Waals surface area contributed by atoms with E-state index in [-0.39, 0.29) is 0 Å². The van der Waals surface area contributed by atoms with Gasteiger partial charge in [0, 0.05) is 6.61 Å². The third-order valence-electron chi connectivity index (χ3n) is 1.48. The second kappa shape index (κ2) is 6.44. The molecule has 0 aliphatic rings. The van der Waals surface area contributed by atoms with Crippen LogP contribution in [-0.4, -0.2) is 24.9 Å². The van der Waals surface area contributed by atoms with Crippen LogP contribution in [0.5, 0.6) is 0 Å². The van der Waals surface area contributed by atoms with Crippen molar-refractivity contribution in [1.82, 2.24) is 0 Å². The minimum Gasteiger partial charge on any atom is -0.379 e. The molecule has 0 amide bonds. The smallest absolute Gasteiger partial charge is 0.0572 e. The fraction of sp³-hybridized carbons (Fsp3) is 1.00. The third kappa shape index (κ3) is 8.02. The molecule has 2 nitrogen and oxygen atoms in total. The van der Waals surface area contributed by atoms with Crippen molar-refractivity contribution in [2.45, 2.75) is 59.4 Å². The van der Waals surface area contributed by atoms with Gasteiger partial charge in [0.05, 0.1) is 18.3 Å². The van der Waals surface area contributed by atoms with Gasteiger partial charge in [0.25, 0.3) is 0 Å². The van der Waals surface area contributed by atoms with E-state index in [2.05, 4.69) is 20.8 Å². The van der Waals surface area contributed by atoms with Gasteiger partial charge >= 0.3 is 0 Å². The van der Waals surface area contributed by atoms with Crippen molar-refractivity contribution >= 4 is 0 Å². The van der Waals surface area contributed by atoms with Crippen LogP contribution in [0.4, 0.5) is 0 Å². The zero-order valence-corrected chi connectivity index (χ0v) is 8.96. The minimum atomic E-state index is 0.309. The van der Waals surface area contributed by atoms with Crippen molar-refractivity contribution in [3.05, 3.63) is 0 Å². The maximum atomic E-state index is 5.55. The Morgan fingerprint density at radius 3 is 1.92 bits per heavy atom. The van der Waals surface area contributed by atoms with Gasteiger partial charge in [-0.25, -0.2) is 0 Å². The van der Waals surface area contributed by atoms with Gasteiger partial charge in [0.15, 0.2) is 0 Å². The highest BCUT2D eigenvalue weighted by molar-refractivity contribution is 4.52. The van der Waals surface area contributed by atoms with Crippen LogP contribution in [0.2, 0.25) is 0 Å². The summed E-state index contributed by atoms with van der Waals surface area (Å²) in [5.41, 5.74) is 0. The Bertz CT molecular complexity index is 100. The summed E-state index contributed by atoms with van der Waals surface area (Å²) in [6.07, 6.45) is 1.94. The summed E-state index contributed by atoms with van der Waals surface area (Å²) in [5.74, 6) is 0. The fourth-order valence-corrected chi connectivity index (χ4v) is 1.00. The topological polar surface area (TPSA) is 18.5 Å². The minimum absolute atomic E-state index is 0.309. The first-order valence-electron chi connectivity index (χ1n) is 4.79. The Kier molecular flexibility index (Phi) is 6.39. The highest BCUT2D eigenvalue weighted by atomic mass is 16.5. The lowest BCUT2D eigenvalue weighted by atomic mass is 10.3. The van der Waals surface area contributed by atoms with E-state index < -0.39 is 0 Å². The monoisotopic (exact) mass is 174 g/mol. The van der Waals surface area contributed by atoms with Gasteiger partial charge < -0.3 is 9.47 Å². The van der Waals surface area contributed by atoms with E-state index in [0.29, 0.717) is 18.3 Å². The van der Waals surface area contributed by atoms with Crippen LogP contribution in [0.3, 0.4) is 0 Å². The molecule has 1 atom stereocenters. The van der Waals surface area contributed by atoms with E-state index in [1.807, 2.05) is 13.8 Å². The first-order valence-corrected chi connectivity index (χ1v) is 4.79. The van der Waals surface area contributed by atoms with Crippen LogP contribution >= 0.6 is 0 Å². The molecule has 0 heterocycles. The number of hydrogen-bond donors (Lipinski definition) is 0. The van der Waals surface area contributed by atoms with Gasteiger partial charge in [-0.3, -0.25) is 0 Å². The summed E-state index contributed by atoms with van der Waals surface area (Å²) in [7, 11) is 0. The van der Waals surface area contributed by atoms with Crippen LogP contribution in [0.25, 0.3) is 0 Å². The molecule has 12 heavy (non-hydrogen) atoms. The third-order valence-corrected chi connectivity index (χ3v) is 1.48. The largest absolute Gasteiger partial charge is 0.379 e. The lowest BCUT2D eigenvalue weighted by Gasteiger charge is -2.16. The molecule has 0 rings (SSSR count). The SMILES string of the molecule is CC(C)OCC[C@H](C)OC(C)C. The molecule has 0 bridgehead atoms. The van der Waals surface area contributed by atoms with Crippen LogP contribution in [0.1, 0.15) is 41.0 Å². The van der Waals surface area contributed by atoms with Crippen molar-refractivity contribution in [3.63, 3.8) is 0 Å². The second-order valence-electron chi connectivity index (χ2n) is 3.70. The maximum Gasteiger partial charge on any atom is 0.0572 e. The molecule has 0 aromatic carbocycles. The fourth-order valence-electron chi connectivity index (χ4n) is 1.00. The van der Waals surface area contributed by atoms with Gasteiger partial charge in [-0.2, -0.15) is 0 Å². The molecule has 0 N–H and O–H groups in total. The van der Waals surface area contributed by atoms with E-state index >= 15 is 0 Å². The molecule has 0 aliphatic carbocycles. The molecule has 0 aliphatic heterocycles. The standard InChI is InChI=1S/C10H22O2/c1-8(2)11-7-6-10(5)12-9(3)4/h8-10H,6-7H2,1-5H3/t10-/m0/s1. The van der Waals surface area contributed by atoms with Crippen molar-refractivity contribution in [2.75, 3.05) is 6.61 Å². The van der Waals surface area contributed by atoms with Crippen LogP contribution < -0.4 is 0 Å². The summed E-state index contributed by atoms with van der Waals surface area (Å²) in [6.45, 7) is 11.1. The van der Waals surface area contributed by atoms with Gasteiger partial charge in [-0.15, -0.1) is 0 Å². The normalized spacial score (nSPS) is 14.2. The average Bonchev–Trinajstić information content (AvgIpc) is 1.84. The summed E-state index contributed by atoms with van der Waals surface area (Å²) in [5, 5.41) is 0. The molecule has 0 spiro atoms. The zero-order valence-electron chi connectivity index (χ0n) is 8.96.